The van der Waals surface area contributed by atoms with Crippen LogP contribution in [-0.2, 0) is 4.79 Å². The molecule has 1 rings (SSSR count). The molecule has 0 radical (unpaired) electrons. The van der Waals surface area contributed by atoms with E-state index in [-0.39, 0.29) is 0 Å². The van der Waals surface area contributed by atoms with Crippen molar-refractivity contribution in [3.05, 3.63) is 35.4 Å². The fourth-order valence-corrected chi connectivity index (χ4v) is 1.02. The van der Waals surface area contributed by atoms with E-state index in [4.69, 9.17) is 16.1 Å². The van der Waals surface area contributed by atoms with E-state index in [9.17, 15) is 4.79 Å². The number of carbonyl (C=O) groups is 1. The first kappa shape index (κ1) is 9.81. The topological polar surface area (TPSA) is 87.1 Å². The smallest absolute Gasteiger partial charge is 0.328 e. The van der Waals surface area contributed by atoms with Crippen LogP contribution in [0.2, 0.25) is 0 Å². The second-order valence-corrected chi connectivity index (χ2v) is 2.59. The van der Waals surface area contributed by atoms with Gasteiger partial charge in [0.2, 0.25) is 0 Å². The van der Waals surface area contributed by atoms with Gasteiger partial charge in [0, 0.05) is 6.08 Å². The molecule has 14 heavy (non-hydrogen) atoms. The third-order valence-electron chi connectivity index (χ3n) is 1.65. The van der Waals surface area contributed by atoms with Crippen molar-refractivity contribution in [1.82, 2.24) is 0 Å². The Morgan fingerprint density at radius 1 is 1.57 bits per heavy atom. The Labute approximate surface area is 80.9 Å². The Balaban J connectivity index is 3.16. The fraction of sp³-hybridized carbons (Fsp3) is 0. The van der Waals surface area contributed by atoms with E-state index >= 15 is 0 Å². The van der Waals surface area contributed by atoms with Crippen LogP contribution in [0.3, 0.4) is 0 Å². The van der Waals surface area contributed by atoms with Crippen molar-refractivity contribution in [2.45, 2.75) is 0 Å². The molecule has 1 aromatic rings. The number of carboxylic acids is 1. The summed E-state index contributed by atoms with van der Waals surface area (Å²) in [5.74, 6) is -1.06. The molecule has 0 saturated heterocycles. The number of aliphatic carboxylic acids is 1. The van der Waals surface area contributed by atoms with Crippen LogP contribution in [0.1, 0.15) is 11.1 Å². The molecule has 0 atom stereocenters. The van der Waals surface area contributed by atoms with Gasteiger partial charge in [0.25, 0.3) is 0 Å². The molecule has 0 spiro atoms. The zero-order chi connectivity index (χ0) is 10.6. The predicted octanol–water partition coefficient (Wildman–Crippen LogP) is 1.24. The molecule has 0 aromatic heterocycles. The monoisotopic (exact) mass is 188 g/mol. The van der Waals surface area contributed by atoms with Gasteiger partial charge in [0.15, 0.2) is 0 Å². The Kier molecular flexibility index (Phi) is 2.87. The molecule has 0 bridgehead atoms. The number of hydrogen-bond acceptors (Lipinski definition) is 3. The quantitative estimate of drug-likeness (QED) is 0.540. The lowest BCUT2D eigenvalue weighted by Crippen LogP contribution is -1.93. The van der Waals surface area contributed by atoms with Crippen molar-refractivity contribution in [1.29, 1.82) is 5.26 Å². The number of hydrogen-bond donors (Lipinski definition) is 2. The molecule has 4 nitrogen and oxygen atoms in total. The van der Waals surface area contributed by atoms with Gasteiger partial charge in [-0.15, -0.1) is 0 Å². The molecule has 0 saturated carbocycles. The van der Waals surface area contributed by atoms with Gasteiger partial charge < -0.3 is 10.8 Å². The zero-order valence-corrected chi connectivity index (χ0v) is 7.27. The first-order chi connectivity index (χ1) is 6.65. The first-order valence-electron chi connectivity index (χ1n) is 3.84. The van der Waals surface area contributed by atoms with E-state index in [0.717, 1.165) is 6.08 Å². The molecule has 3 N–H and O–H groups in total. The third-order valence-corrected chi connectivity index (χ3v) is 1.65. The van der Waals surface area contributed by atoms with Gasteiger partial charge in [-0.3, -0.25) is 0 Å². The number of carboxylic acid groups (broad SMARTS) is 1. The summed E-state index contributed by atoms with van der Waals surface area (Å²) in [4.78, 5) is 10.3. The number of nitriles is 1. The minimum Gasteiger partial charge on any atom is -0.478 e. The minimum atomic E-state index is -1.06. The first-order valence-corrected chi connectivity index (χ1v) is 3.84. The lowest BCUT2D eigenvalue weighted by molar-refractivity contribution is -0.131. The van der Waals surface area contributed by atoms with Gasteiger partial charge >= 0.3 is 5.97 Å². The van der Waals surface area contributed by atoms with E-state index in [0.29, 0.717) is 16.8 Å². The summed E-state index contributed by atoms with van der Waals surface area (Å²) in [6.07, 6.45) is 2.31. The van der Waals surface area contributed by atoms with Crippen molar-refractivity contribution in [2.24, 2.45) is 0 Å². The maximum atomic E-state index is 10.3. The second-order valence-electron chi connectivity index (χ2n) is 2.59. The summed E-state index contributed by atoms with van der Waals surface area (Å²) in [5, 5.41) is 17.2. The van der Waals surface area contributed by atoms with Crippen LogP contribution in [0.25, 0.3) is 6.08 Å². The zero-order valence-electron chi connectivity index (χ0n) is 7.27. The molecule has 4 heteroatoms. The molecule has 0 heterocycles. The van der Waals surface area contributed by atoms with Crippen LogP contribution in [0.5, 0.6) is 0 Å². The summed E-state index contributed by atoms with van der Waals surface area (Å²) in [5.41, 5.74) is 6.69. The highest BCUT2D eigenvalue weighted by molar-refractivity contribution is 5.86. The maximum Gasteiger partial charge on any atom is 0.328 e. The van der Waals surface area contributed by atoms with E-state index in [1.54, 1.807) is 18.2 Å². The summed E-state index contributed by atoms with van der Waals surface area (Å²) in [6, 6.07) is 6.81. The summed E-state index contributed by atoms with van der Waals surface area (Å²) < 4.78 is 0. The molecule has 0 aliphatic heterocycles. The number of nitrogens with zero attached hydrogens (tertiary/aromatic N) is 1. The standard InChI is InChI=1S/C10H8N2O2/c11-6-8-7(4-5-10(13)14)2-1-3-9(8)12/h1-5H,12H2,(H,13,14). The van der Waals surface area contributed by atoms with E-state index in [2.05, 4.69) is 0 Å². The molecule has 70 valence electrons. The minimum absolute atomic E-state index is 0.296. The van der Waals surface area contributed by atoms with E-state index in [1.165, 1.54) is 6.08 Å². The van der Waals surface area contributed by atoms with Gasteiger partial charge in [0.05, 0.1) is 11.3 Å². The number of nitrogens with two attached hydrogens (primary N) is 1. The fourth-order valence-electron chi connectivity index (χ4n) is 1.02. The Morgan fingerprint density at radius 2 is 2.29 bits per heavy atom. The molecule has 1 aromatic carbocycles. The maximum absolute atomic E-state index is 10.3. The van der Waals surface area contributed by atoms with Crippen molar-refractivity contribution in [3.8, 4) is 6.07 Å². The van der Waals surface area contributed by atoms with Gasteiger partial charge in [-0.25, -0.2) is 4.79 Å². The number of rotatable bonds is 2. The average molecular weight is 188 g/mol. The second kappa shape index (κ2) is 4.10. The summed E-state index contributed by atoms with van der Waals surface area (Å²) in [6.45, 7) is 0. The SMILES string of the molecule is N#Cc1c(N)cccc1C=CC(=O)O. The van der Waals surface area contributed by atoms with E-state index < -0.39 is 5.97 Å². The highest BCUT2D eigenvalue weighted by Crippen LogP contribution is 2.16. The summed E-state index contributed by atoms with van der Waals surface area (Å²) in [7, 11) is 0. The van der Waals surface area contributed by atoms with Gasteiger partial charge in [-0.05, 0) is 17.7 Å². The van der Waals surface area contributed by atoms with Crippen LogP contribution in [0.4, 0.5) is 5.69 Å². The number of benzene rings is 1. The van der Waals surface area contributed by atoms with Crippen LogP contribution in [0.15, 0.2) is 24.3 Å². The highest BCUT2D eigenvalue weighted by atomic mass is 16.4. The lowest BCUT2D eigenvalue weighted by Gasteiger charge is -2.00. The molecule has 0 aliphatic rings. The highest BCUT2D eigenvalue weighted by Gasteiger charge is 2.02. The normalized spacial score (nSPS) is 9.93. The van der Waals surface area contributed by atoms with Crippen LogP contribution in [-0.4, -0.2) is 11.1 Å². The molecular formula is C10H8N2O2. The molecular weight excluding hydrogens is 180 g/mol. The molecule has 0 fully saturated rings. The van der Waals surface area contributed by atoms with Gasteiger partial charge in [0.1, 0.15) is 6.07 Å². The predicted molar refractivity (Wildman–Crippen MR) is 52.2 cm³/mol. The van der Waals surface area contributed by atoms with Gasteiger partial charge in [-0.2, -0.15) is 5.26 Å². The Hall–Kier alpha value is -2.28. The van der Waals surface area contributed by atoms with E-state index in [1.807, 2.05) is 6.07 Å². The molecule has 0 aliphatic carbocycles. The van der Waals surface area contributed by atoms with Crippen molar-refractivity contribution >= 4 is 17.7 Å². The third kappa shape index (κ3) is 2.11. The number of nitrogen functional groups attached to an aromatic ring is 1. The van der Waals surface area contributed by atoms with Crippen LogP contribution >= 0.6 is 0 Å². The summed E-state index contributed by atoms with van der Waals surface area (Å²) >= 11 is 0. The van der Waals surface area contributed by atoms with Crippen LogP contribution < -0.4 is 5.73 Å². The largest absolute Gasteiger partial charge is 0.478 e. The lowest BCUT2D eigenvalue weighted by atomic mass is 10.1. The number of anilines is 1. The van der Waals surface area contributed by atoms with Gasteiger partial charge in [-0.1, -0.05) is 12.1 Å². The van der Waals surface area contributed by atoms with Crippen molar-refractivity contribution in [3.63, 3.8) is 0 Å². The molecule has 0 amide bonds. The Bertz CT molecular complexity index is 430. The van der Waals surface area contributed by atoms with Crippen molar-refractivity contribution in [2.75, 3.05) is 5.73 Å². The van der Waals surface area contributed by atoms with Crippen molar-refractivity contribution < 1.29 is 9.90 Å². The average Bonchev–Trinajstić information content (AvgIpc) is 2.14. The Morgan fingerprint density at radius 3 is 2.86 bits per heavy atom. The molecule has 0 unspecified atom stereocenters. The van der Waals surface area contributed by atoms with Crippen LogP contribution in [0, 0.1) is 11.3 Å².